The quantitative estimate of drug-likeness (QED) is 0.561. The molecule has 0 bridgehead atoms. The summed E-state index contributed by atoms with van der Waals surface area (Å²) in [5.74, 6) is 0. The highest BCUT2D eigenvalue weighted by Crippen LogP contribution is 2.25. The van der Waals surface area contributed by atoms with Crippen LogP contribution in [0.25, 0.3) is 0 Å². The molecule has 0 radical (unpaired) electrons. The Kier molecular flexibility index (Phi) is 5.99. The molecular weight excluding hydrogens is 364 g/mol. The Labute approximate surface area is 173 Å². The molecule has 4 rings (SSSR count). The lowest BCUT2D eigenvalue weighted by Gasteiger charge is -2.43. The molecule has 1 atom stereocenters. The van der Waals surface area contributed by atoms with E-state index in [9.17, 15) is 0 Å². The molecule has 144 valence electrons. The van der Waals surface area contributed by atoms with Gasteiger partial charge in [-0.05, 0) is 48.7 Å². The van der Waals surface area contributed by atoms with E-state index >= 15 is 0 Å². The smallest absolute Gasteiger partial charge is 0.0458 e. The number of nitrogens with zero attached hydrogens (tertiary/aromatic N) is 2. The van der Waals surface area contributed by atoms with Crippen LogP contribution in [0.4, 0.5) is 5.69 Å². The predicted octanol–water partition coefficient (Wildman–Crippen LogP) is 5.58. The lowest BCUT2D eigenvalue weighted by atomic mass is 10.0. The van der Waals surface area contributed by atoms with Crippen LogP contribution in [0, 0.1) is 6.92 Å². The van der Waals surface area contributed by atoms with E-state index in [2.05, 4.69) is 83.5 Å². The van der Waals surface area contributed by atoms with Crippen LogP contribution in [0.1, 0.15) is 16.7 Å². The van der Waals surface area contributed by atoms with Crippen molar-refractivity contribution in [3.8, 4) is 0 Å². The lowest BCUT2D eigenvalue weighted by Crippen LogP contribution is -2.53. The number of piperazine rings is 1. The minimum Gasteiger partial charge on any atom is -0.366 e. The van der Waals surface area contributed by atoms with E-state index in [0.717, 1.165) is 37.6 Å². The van der Waals surface area contributed by atoms with E-state index in [1.807, 2.05) is 12.1 Å². The van der Waals surface area contributed by atoms with Gasteiger partial charge in [0.2, 0.25) is 0 Å². The van der Waals surface area contributed by atoms with Crippen molar-refractivity contribution in [3.05, 3.63) is 101 Å². The molecule has 0 N–H and O–H groups in total. The Morgan fingerprint density at radius 3 is 2.36 bits per heavy atom. The van der Waals surface area contributed by atoms with Crippen LogP contribution in [0.3, 0.4) is 0 Å². The summed E-state index contributed by atoms with van der Waals surface area (Å²) in [5, 5.41) is 0.793. The van der Waals surface area contributed by atoms with Gasteiger partial charge in [-0.3, -0.25) is 4.90 Å². The second-order valence-electron chi connectivity index (χ2n) is 7.74. The first-order chi connectivity index (χ1) is 13.7. The average Bonchev–Trinajstić information content (AvgIpc) is 2.70. The fourth-order valence-electron chi connectivity index (χ4n) is 4.17. The highest BCUT2D eigenvalue weighted by molar-refractivity contribution is 6.30. The lowest BCUT2D eigenvalue weighted by molar-refractivity contribution is 0.214. The molecule has 2 nitrogen and oxygen atoms in total. The molecule has 3 aromatic rings. The number of halogens is 1. The molecule has 3 heteroatoms. The summed E-state index contributed by atoms with van der Waals surface area (Å²) in [6, 6.07) is 28.4. The molecule has 1 fully saturated rings. The second kappa shape index (κ2) is 8.81. The number of hydrogen-bond donors (Lipinski definition) is 0. The zero-order valence-corrected chi connectivity index (χ0v) is 17.1. The Morgan fingerprint density at radius 2 is 1.61 bits per heavy atom. The summed E-state index contributed by atoms with van der Waals surface area (Å²) in [6.07, 6.45) is 1.05. The molecule has 0 aromatic heterocycles. The maximum atomic E-state index is 6.12. The van der Waals surface area contributed by atoms with Crippen LogP contribution in [0.15, 0.2) is 78.9 Å². The van der Waals surface area contributed by atoms with Crippen molar-refractivity contribution >= 4 is 17.3 Å². The summed E-state index contributed by atoms with van der Waals surface area (Å²) in [6.45, 7) is 6.35. The highest BCUT2D eigenvalue weighted by Gasteiger charge is 2.27. The monoisotopic (exact) mass is 390 g/mol. The summed E-state index contributed by atoms with van der Waals surface area (Å²) in [7, 11) is 0. The van der Waals surface area contributed by atoms with Gasteiger partial charge >= 0.3 is 0 Å². The van der Waals surface area contributed by atoms with Crippen molar-refractivity contribution in [3.63, 3.8) is 0 Å². The molecule has 0 saturated carbocycles. The maximum Gasteiger partial charge on any atom is 0.0458 e. The van der Waals surface area contributed by atoms with Crippen molar-refractivity contribution in [1.82, 2.24) is 4.90 Å². The van der Waals surface area contributed by atoms with Gasteiger partial charge in [0.15, 0.2) is 0 Å². The van der Waals surface area contributed by atoms with Crippen LogP contribution in [0.2, 0.25) is 5.02 Å². The molecule has 0 aliphatic carbocycles. The summed E-state index contributed by atoms with van der Waals surface area (Å²) in [5.41, 5.74) is 5.39. The van der Waals surface area contributed by atoms with E-state index < -0.39 is 0 Å². The maximum absolute atomic E-state index is 6.12. The topological polar surface area (TPSA) is 6.48 Å². The third-order valence-electron chi connectivity index (χ3n) is 5.53. The molecule has 0 amide bonds. The molecule has 1 aliphatic rings. The number of aryl methyl sites for hydroxylation is 1. The van der Waals surface area contributed by atoms with E-state index in [4.69, 9.17) is 11.6 Å². The fourth-order valence-corrected chi connectivity index (χ4v) is 4.29. The van der Waals surface area contributed by atoms with Gasteiger partial charge in [0.25, 0.3) is 0 Å². The van der Waals surface area contributed by atoms with Gasteiger partial charge in [0, 0.05) is 42.9 Å². The van der Waals surface area contributed by atoms with Crippen molar-refractivity contribution in [1.29, 1.82) is 0 Å². The largest absolute Gasteiger partial charge is 0.366 e. The molecule has 1 saturated heterocycles. The van der Waals surface area contributed by atoms with E-state index in [1.165, 1.54) is 22.4 Å². The number of rotatable bonds is 5. The van der Waals surface area contributed by atoms with Gasteiger partial charge < -0.3 is 4.90 Å². The summed E-state index contributed by atoms with van der Waals surface area (Å²) < 4.78 is 0. The molecule has 1 heterocycles. The van der Waals surface area contributed by atoms with E-state index in [1.54, 1.807) is 0 Å². The first kappa shape index (κ1) is 19.0. The van der Waals surface area contributed by atoms with Crippen molar-refractivity contribution in [2.75, 3.05) is 24.5 Å². The van der Waals surface area contributed by atoms with Crippen LogP contribution < -0.4 is 4.90 Å². The van der Waals surface area contributed by atoms with Gasteiger partial charge in [0.05, 0.1) is 0 Å². The molecular formula is C25H27ClN2. The van der Waals surface area contributed by atoms with Gasteiger partial charge in [-0.25, -0.2) is 0 Å². The highest BCUT2D eigenvalue weighted by atomic mass is 35.5. The van der Waals surface area contributed by atoms with Crippen molar-refractivity contribution in [2.24, 2.45) is 0 Å². The Balaban J connectivity index is 1.53. The number of anilines is 1. The first-order valence-electron chi connectivity index (χ1n) is 10.0. The van der Waals surface area contributed by atoms with Crippen LogP contribution >= 0.6 is 11.6 Å². The van der Waals surface area contributed by atoms with Gasteiger partial charge in [-0.1, -0.05) is 71.8 Å². The fraction of sp³-hybridized carbons (Fsp3) is 0.280. The van der Waals surface area contributed by atoms with E-state index in [-0.39, 0.29) is 0 Å². The molecule has 28 heavy (non-hydrogen) atoms. The number of benzene rings is 3. The third-order valence-corrected chi connectivity index (χ3v) is 5.78. The Morgan fingerprint density at radius 1 is 0.857 bits per heavy atom. The van der Waals surface area contributed by atoms with Crippen molar-refractivity contribution in [2.45, 2.75) is 25.9 Å². The number of hydrogen-bond acceptors (Lipinski definition) is 2. The third kappa shape index (κ3) is 4.76. The zero-order valence-electron chi connectivity index (χ0n) is 16.4. The predicted molar refractivity (Wildman–Crippen MR) is 119 cm³/mol. The van der Waals surface area contributed by atoms with Crippen LogP contribution in [0.5, 0.6) is 0 Å². The summed E-state index contributed by atoms with van der Waals surface area (Å²) in [4.78, 5) is 5.14. The van der Waals surface area contributed by atoms with Crippen molar-refractivity contribution < 1.29 is 0 Å². The molecule has 3 aromatic carbocycles. The SMILES string of the molecule is Cc1cccc(CN2CCN(c3ccc(Cl)cc3)C(Cc3ccccc3)C2)c1. The van der Waals surface area contributed by atoms with Gasteiger partial charge in [-0.2, -0.15) is 0 Å². The first-order valence-corrected chi connectivity index (χ1v) is 10.4. The molecule has 0 spiro atoms. The average molecular weight is 391 g/mol. The Bertz CT molecular complexity index is 892. The summed E-state index contributed by atoms with van der Waals surface area (Å²) >= 11 is 6.12. The zero-order chi connectivity index (χ0) is 19.3. The minimum atomic E-state index is 0.446. The van der Waals surface area contributed by atoms with Crippen LogP contribution in [-0.2, 0) is 13.0 Å². The minimum absolute atomic E-state index is 0.446. The Hall–Kier alpha value is -2.29. The van der Waals surface area contributed by atoms with Gasteiger partial charge in [-0.15, -0.1) is 0 Å². The van der Waals surface area contributed by atoms with E-state index in [0.29, 0.717) is 6.04 Å². The second-order valence-corrected chi connectivity index (χ2v) is 8.17. The van der Waals surface area contributed by atoms with Gasteiger partial charge in [0.1, 0.15) is 0 Å². The van der Waals surface area contributed by atoms with Crippen LogP contribution in [-0.4, -0.2) is 30.6 Å². The normalized spacial score (nSPS) is 17.6. The molecule has 1 unspecified atom stereocenters. The standard InChI is InChI=1S/C25H27ClN2/c1-20-6-5-9-22(16-20)18-27-14-15-28(24-12-10-23(26)11-13-24)25(19-27)17-21-7-3-2-4-8-21/h2-13,16,25H,14-15,17-19H2,1H3. The molecule has 1 aliphatic heterocycles.